The van der Waals surface area contributed by atoms with E-state index in [1.807, 2.05) is 79.4 Å². The predicted molar refractivity (Wildman–Crippen MR) is 114 cm³/mol. The predicted octanol–water partition coefficient (Wildman–Crippen LogP) is 5.31. The third-order valence-corrected chi connectivity index (χ3v) is 4.75. The smallest absolute Gasteiger partial charge is 0.255 e. The highest BCUT2D eigenvalue weighted by Gasteiger charge is 2.19. The molecule has 4 heteroatoms. The van der Waals surface area contributed by atoms with E-state index in [2.05, 4.69) is 29.4 Å². The van der Waals surface area contributed by atoms with Gasteiger partial charge in [-0.25, -0.2) is 4.98 Å². The Labute approximate surface area is 167 Å². The molecule has 2 aromatic carbocycles. The summed E-state index contributed by atoms with van der Waals surface area (Å²) in [4.78, 5) is 19.3. The molecule has 1 N–H and O–H groups in total. The highest BCUT2D eigenvalue weighted by atomic mass is 16.2. The van der Waals surface area contributed by atoms with Gasteiger partial charge in [-0.2, -0.15) is 0 Å². The summed E-state index contributed by atoms with van der Waals surface area (Å²) in [6.07, 6.45) is 1.66. The molecule has 0 bridgehead atoms. The Morgan fingerprint density at radius 3 is 2.14 bits per heavy atom. The molecule has 0 aliphatic carbocycles. The normalized spacial score (nSPS) is 11.9. The molecule has 1 amide bonds. The van der Waals surface area contributed by atoms with Crippen LogP contribution in [0.25, 0.3) is 0 Å². The van der Waals surface area contributed by atoms with Crippen LogP contribution < -0.4 is 5.32 Å². The van der Waals surface area contributed by atoms with Crippen LogP contribution in [0.15, 0.2) is 79.0 Å². The van der Waals surface area contributed by atoms with E-state index < -0.39 is 0 Å². The number of hydrogen-bond acceptors (Lipinski definition) is 3. The van der Waals surface area contributed by atoms with Crippen LogP contribution in [0, 0.1) is 0 Å². The fraction of sp³-hybridized carbons (Fsp3) is 0.250. The van der Waals surface area contributed by atoms with Crippen LogP contribution in [-0.2, 0) is 6.54 Å². The molecule has 0 aliphatic rings. The minimum Gasteiger partial charge on any atom is -0.364 e. The quantitative estimate of drug-likeness (QED) is 0.611. The first-order valence-corrected chi connectivity index (χ1v) is 9.67. The largest absolute Gasteiger partial charge is 0.364 e. The van der Waals surface area contributed by atoms with Crippen molar-refractivity contribution in [1.29, 1.82) is 0 Å². The first-order chi connectivity index (χ1) is 13.5. The molecule has 1 aromatic heterocycles. The number of rotatable bonds is 7. The molecule has 1 heterocycles. The van der Waals surface area contributed by atoms with Crippen molar-refractivity contribution < 1.29 is 4.79 Å². The molecular formula is C24H27N3O. The second kappa shape index (κ2) is 9.18. The molecule has 0 saturated carbocycles. The summed E-state index contributed by atoms with van der Waals surface area (Å²) in [5.74, 6) is 0.751. The molecule has 0 fully saturated rings. The van der Waals surface area contributed by atoms with Gasteiger partial charge in [0.25, 0.3) is 5.91 Å². The van der Waals surface area contributed by atoms with Crippen molar-refractivity contribution in [3.63, 3.8) is 0 Å². The van der Waals surface area contributed by atoms with E-state index in [9.17, 15) is 4.79 Å². The van der Waals surface area contributed by atoms with Crippen LogP contribution in [0.3, 0.4) is 0 Å². The van der Waals surface area contributed by atoms with Crippen molar-refractivity contribution in [2.75, 3.05) is 5.32 Å². The van der Waals surface area contributed by atoms with Crippen LogP contribution in [0.4, 0.5) is 5.82 Å². The lowest BCUT2D eigenvalue weighted by atomic mass is 10.1. The maximum Gasteiger partial charge on any atom is 0.255 e. The molecule has 28 heavy (non-hydrogen) atoms. The van der Waals surface area contributed by atoms with Gasteiger partial charge in [0.15, 0.2) is 0 Å². The molecule has 0 saturated heterocycles. The highest BCUT2D eigenvalue weighted by molar-refractivity contribution is 5.94. The van der Waals surface area contributed by atoms with Gasteiger partial charge in [0.1, 0.15) is 5.82 Å². The van der Waals surface area contributed by atoms with Crippen molar-refractivity contribution in [2.24, 2.45) is 0 Å². The van der Waals surface area contributed by atoms with E-state index in [4.69, 9.17) is 0 Å². The van der Waals surface area contributed by atoms with Crippen molar-refractivity contribution >= 4 is 11.7 Å². The van der Waals surface area contributed by atoms with E-state index in [0.717, 1.165) is 11.4 Å². The molecule has 3 aromatic rings. The summed E-state index contributed by atoms with van der Waals surface area (Å²) < 4.78 is 0. The van der Waals surface area contributed by atoms with Crippen LogP contribution in [0.2, 0.25) is 0 Å². The zero-order valence-electron chi connectivity index (χ0n) is 16.7. The zero-order valence-corrected chi connectivity index (χ0v) is 16.7. The summed E-state index contributed by atoms with van der Waals surface area (Å²) in [6.45, 7) is 6.75. The van der Waals surface area contributed by atoms with Crippen molar-refractivity contribution in [1.82, 2.24) is 9.88 Å². The molecule has 1 unspecified atom stereocenters. The van der Waals surface area contributed by atoms with Gasteiger partial charge in [-0.15, -0.1) is 0 Å². The Morgan fingerprint density at radius 2 is 1.57 bits per heavy atom. The molecule has 3 rings (SSSR count). The van der Waals surface area contributed by atoms with Crippen LogP contribution in [0.1, 0.15) is 48.3 Å². The standard InChI is InChI=1S/C24H27N3O/c1-18(2)27(17-20-10-6-4-7-11-20)24(28)22-14-15-23(25-16-22)26-19(3)21-12-8-5-9-13-21/h4-16,18-19H,17H2,1-3H3,(H,25,26). The Bertz CT molecular complexity index is 877. The minimum absolute atomic E-state index is 0.00555. The number of anilines is 1. The van der Waals surface area contributed by atoms with Gasteiger partial charge < -0.3 is 10.2 Å². The van der Waals surface area contributed by atoms with Crippen LogP contribution in [-0.4, -0.2) is 21.8 Å². The van der Waals surface area contributed by atoms with Gasteiger partial charge in [-0.3, -0.25) is 4.79 Å². The number of aromatic nitrogens is 1. The summed E-state index contributed by atoms with van der Waals surface area (Å²) in [6, 6.07) is 24.2. The number of benzene rings is 2. The summed E-state index contributed by atoms with van der Waals surface area (Å²) >= 11 is 0. The second-order valence-corrected chi connectivity index (χ2v) is 7.22. The van der Waals surface area contributed by atoms with Gasteiger partial charge in [-0.1, -0.05) is 60.7 Å². The summed E-state index contributed by atoms with van der Waals surface area (Å²) in [7, 11) is 0. The molecule has 144 valence electrons. The van der Waals surface area contributed by atoms with Gasteiger partial charge in [-0.05, 0) is 44.0 Å². The topological polar surface area (TPSA) is 45.2 Å². The third-order valence-electron chi connectivity index (χ3n) is 4.75. The Kier molecular flexibility index (Phi) is 6.43. The summed E-state index contributed by atoms with van der Waals surface area (Å²) in [5.41, 5.74) is 2.91. The number of amides is 1. The van der Waals surface area contributed by atoms with Crippen molar-refractivity contribution in [3.8, 4) is 0 Å². The molecule has 0 spiro atoms. The minimum atomic E-state index is -0.00555. The van der Waals surface area contributed by atoms with Gasteiger partial charge >= 0.3 is 0 Å². The maximum atomic E-state index is 13.0. The van der Waals surface area contributed by atoms with Gasteiger partial charge in [0.2, 0.25) is 0 Å². The Balaban J connectivity index is 1.69. The van der Waals surface area contributed by atoms with Crippen molar-refractivity contribution in [3.05, 3.63) is 95.7 Å². The van der Waals surface area contributed by atoms with Gasteiger partial charge in [0.05, 0.1) is 5.56 Å². The van der Waals surface area contributed by atoms with E-state index in [0.29, 0.717) is 12.1 Å². The molecule has 0 radical (unpaired) electrons. The van der Waals surface area contributed by atoms with Crippen molar-refractivity contribution in [2.45, 2.75) is 39.4 Å². The van der Waals surface area contributed by atoms with E-state index in [1.165, 1.54) is 5.56 Å². The first kappa shape index (κ1) is 19.6. The lowest BCUT2D eigenvalue weighted by molar-refractivity contribution is 0.0690. The lowest BCUT2D eigenvalue weighted by Crippen LogP contribution is -2.36. The highest BCUT2D eigenvalue weighted by Crippen LogP contribution is 2.19. The zero-order chi connectivity index (χ0) is 19.9. The molecular weight excluding hydrogens is 346 g/mol. The SMILES string of the molecule is CC(Nc1ccc(C(=O)N(Cc2ccccc2)C(C)C)cn1)c1ccccc1. The molecule has 1 atom stereocenters. The number of nitrogens with one attached hydrogen (secondary N) is 1. The maximum absolute atomic E-state index is 13.0. The first-order valence-electron chi connectivity index (χ1n) is 9.67. The Morgan fingerprint density at radius 1 is 0.929 bits per heavy atom. The fourth-order valence-electron chi connectivity index (χ4n) is 3.09. The number of pyridine rings is 1. The summed E-state index contributed by atoms with van der Waals surface area (Å²) in [5, 5.41) is 3.38. The average molecular weight is 374 g/mol. The fourth-order valence-corrected chi connectivity index (χ4v) is 3.09. The average Bonchev–Trinajstić information content (AvgIpc) is 2.73. The van der Waals surface area contributed by atoms with Gasteiger partial charge in [0, 0.05) is 24.8 Å². The second-order valence-electron chi connectivity index (χ2n) is 7.22. The van der Waals surface area contributed by atoms with Crippen LogP contribution >= 0.6 is 0 Å². The third kappa shape index (κ3) is 4.97. The van der Waals surface area contributed by atoms with Crippen LogP contribution in [0.5, 0.6) is 0 Å². The van der Waals surface area contributed by atoms with E-state index in [-0.39, 0.29) is 18.0 Å². The molecule has 4 nitrogen and oxygen atoms in total. The number of nitrogens with zero attached hydrogens (tertiary/aromatic N) is 2. The molecule has 0 aliphatic heterocycles. The monoisotopic (exact) mass is 373 g/mol. The number of carbonyl (C=O) groups is 1. The Hall–Kier alpha value is -3.14. The van der Waals surface area contributed by atoms with E-state index >= 15 is 0 Å². The van der Waals surface area contributed by atoms with E-state index in [1.54, 1.807) is 6.20 Å². The lowest BCUT2D eigenvalue weighted by Gasteiger charge is -2.27. The number of hydrogen-bond donors (Lipinski definition) is 1. The number of carbonyl (C=O) groups excluding carboxylic acids is 1.